The molecule has 21 heavy (non-hydrogen) atoms. The van der Waals surface area contributed by atoms with Gasteiger partial charge < -0.3 is 15.8 Å². The van der Waals surface area contributed by atoms with Gasteiger partial charge in [-0.15, -0.1) is 0 Å². The van der Waals surface area contributed by atoms with Gasteiger partial charge in [0.1, 0.15) is 0 Å². The predicted molar refractivity (Wildman–Crippen MR) is 82.9 cm³/mol. The van der Waals surface area contributed by atoms with Gasteiger partial charge in [-0.05, 0) is 43.3 Å². The summed E-state index contributed by atoms with van der Waals surface area (Å²) < 4.78 is 0. The summed E-state index contributed by atoms with van der Waals surface area (Å²) in [6.45, 7) is 1.98. The van der Waals surface area contributed by atoms with Crippen LogP contribution in [0.4, 0.5) is 5.69 Å². The molecule has 0 fully saturated rings. The van der Waals surface area contributed by atoms with Gasteiger partial charge in [-0.1, -0.05) is 22.9 Å². The highest BCUT2D eigenvalue weighted by Crippen LogP contribution is 2.17. The number of aryl methyl sites for hydroxylation is 1. The van der Waals surface area contributed by atoms with Crippen molar-refractivity contribution >= 4 is 17.4 Å². The Morgan fingerprint density at radius 3 is 2.10 bits per heavy atom. The largest absolute Gasteiger partial charge is 0.409 e. The van der Waals surface area contributed by atoms with Crippen LogP contribution in [0, 0.1) is 6.92 Å². The SMILES string of the molecule is Cc1ccc(C(=O)N(C)c2ccc(C(N)=NO)cc2)cc1. The first-order valence-electron chi connectivity index (χ1n) is 6.45. The average molecular weight is 283 g/mol. The fraction of sp³-hybridized carbons (Fsp3) is 0.125. The lowest BCUT2D eigenvalue weighted by Crippen LogP contribution is -2.26. The fourth-order valence-corrected chi connectivity index (χ4v) is 1.92. The van der Waals surface area contributed by atoms with E-state index in [1.807, 2.05) is 19.1 Å². The van der Waals surface area contributed by atoms with Gasteiger partial charge in [0, 0.05) is 23.9 Å². The summed E-state index contributed by atoms with van der Waals surface area (Å²) in [6.07, 6.45) is 0. The van der Waals surface area contributed by atoms with Crippen molar-refractivity contribution < 1.29 is 10.0 Å². The van der Waals surface area contributed by atoms with Crippen molar-refractivity contribution in [2.75, 3.05) is 11.9 Å². The predicted octanol–water partition coefficient (Wildman–Crippen LogP) is 2.37. The lowest BCUT2D eigenvalue weighted by Gasteiger charge is -2.17. The lowest BCUT2D eigenvalue weighted by atomic mass is 10.1. The number of rotatable bonds is 3. The van der Waals surface area contributed by atoms with Gasteiger partial charge in [-0.25, -0.2) is 0 Å². The van der Waals surface area contributed by atoms with E-state index in [2.05, 4.69) is 5.16 Å². The van der Waals surface area contributed by atoms with Gasteiger partial charge in [-0.3, -0.25) is 4.79 Å². The number of carbonyl (C=O) groups excluding carboxylic acids is 1. The van der Waals surface area contributed by atoms with Gasteiger partial charge in [0.2, 0.25) is 0 Å². The van der Waals surface area contributed by atoms with E-state index in [4.69, 9.17) is 10.9 Å². The Bertz CT molecular complexity index is 661. The molecule has 0 radical (unpaired) electrons. The number of benzene rings is 2. The zero-order valence-corrected chi connectivity index (χ0v) is 11.9. The van der Waals surface area contributed by atoms with Crippen molar-refractivity contribution in [1.29, 1.82) is 0 Å². The number of amides is 1. The third-order valence-corrected chi connectivity index (χ3v) is 3.26. The molecule has 0 atom stereocenters. The number of hydrogen-bond donors (Lipinski definition) is 2. The molecule has 0 bridgehead atoms. The maximum absolute atomic E-state index is 12.4. The van der Waals surface area contributed by atoms with Crippen molar-refractivity contribution in [3.05, 3.63) is 65.2 Å². The van der Waals surface area contributed by atoms with Crippen LogP contribution in [0.25, 0.3) is 0 Å². The normalized spacial score (nSPS) is 11.2. The molecule has 2 aromatic rings. The minimum absolute atomic E-state index is 0.0362. The van der Waals surface area contributed by atoms with Gasteiger partial charge in [0.15, 0.2) is 5.84 Å². The quantitative estimate of drug-likeness (QED) is 0.393. The maximum Gasteiger partial charge on any atom is 0.258 e. The Morgan fingerprint density at radius 1 is 1.05 bits per heavy atom. The monoisotopic (exact) mass is 283 g/mol. The smallest absolute Gasteiger partial charge is 0.258 e. The molecule has 0 aromatic heterocycles. The van der Waals surface area contributed by atoms with Crippen molar-refractivity contribution in [2.24, 2.45) is 10.9 Å². The zero-order valence-electron chi connectivity index (χ0n) is 11.9. The molecule has 5 nitrogen and oxygen atoms in total. The standard InChI is InChI=1S/C16H17N3O2/c1-11-3-5-13(6-4-11)16(20)19(2)14-9-7-12(8-10-14)15(17)18-21/h3-10,21H,1-2H3,(H2,17,18). The van der Waals surface area contributed by atoms with Crippen LogP contribution in [0.1, 0.15) is 21.5 Å². The van der Waals surface area contributed by atoms with E-state index in [0.717, 1.165) is 11.3 Å². The summed E-state index contributed by atoms with van der Waals surface area (Å²) in [7, 11) is 1.71. The summed E-state index contributed by atoms with van der Waals surface area (Å²) in [5.41, 5.74) is 8.57. The van der Waals surface area contributed by atoms with Crippen LogP contribution in [0.15, 0.2) is 53.7 Å². The molecule has 0 saturated heterocycles. The third kappa shape index (κ3) is 3.20. The molecule has 0 aliphatic rings. The molecule has 0 saturated carbocycles. The Kier molecular flexibility index (Phi) is 4.23. The number of hydrogen-bond acceptors (Lipinski definition) is 3. The van der Waals surface area contributed by atoms with E-state index in [1.165, 1.54) is 0 Å². The van der Waals surface area contributed by atoms with Gasteiger partial charge in [-0.2, -0.15) is 0 Å². The second kappa shape index (κ2) is 6.09. The number of anilines is 1. The molecule has 5 heteroatoms. The maximum atomic E-state index is 12.4. The van der Waals surface area contributed by atoms with Crippen molar-refractivity contribution in [1.82, 2.24) is 0 Å². The molecule has 2 aromatic carbocycles. The Morgan fingerprint density at radius 2 is 1.57 bits per heavy atom. The second-order valence-electron chi connectivity index (χ2n) is 4.76. The van der Waals surface area contributed by atoms with Crippen LogP contribution in [0.3, 0.4) is 0 Å². The van der Waals surface area contributed by atoms with E-state index >= 15 is 0 Å². The first-order chi connectivity index (χ1) is 10.0. The van der Waals surface area contributed by atoms with Gasteiger partial charge in [0.25, 0.3) is 5.91 Å². The van der Waals surface area contributed by atoms with Crippen LogP contribution < -0.4 is 10.6 Å². The molecule has 0 unspecified atom stereocenters. The van der Waals surface area contributed by atoms with Crippen LogP contribution in [-0.2, 0) is 0 Å². The zero-order chi connectivity index (χ0) is 15.4. The van der Waals surface area contributed by atoms with Crippen LogP contribution in [0.2, 0.25) is 0 Å². The summed E-state index contributed by atoms with van der Waals surface area (Å²) in [4.78, 5) is 13.9. The number of oxime groups is 1. The second-order valence-corrected chi connectivity index (χ2v) is 4.76. The molecule has 108 valence electrons. The van der Waals surface area contributed by atoms with E-state index in [1.54, 1.807) is 48.3 Å². The summed E-state index contributed by atoms with van der Waals surface area (Å²) in [5, 5.41) is 11.6. The minimum atomic E-state index is -0.0912. The van der Waals surface area contributed by atoms with Crippen molar-refractivity contribution in [3.63, 3.8) is 0 Å². The highest BCUT2D eigenvalue weighted by molar-refractivity contribution is 6.06. The fourth-order valence-electron chi connectivity index (χ4n) is 1.92. The number of amidine groups is 1. The van der Waals surface area contributed by atoms with E-state index in [-0.39, 0.29) is 11.7 Å². The molecular formula is C16H17N3O2. The van der Waals surface area contributed by atoms with Crippen LogP contribution in [0.5, 0.6) is 0 Å². The van der Waals surface area contributed by atoms with Crippen molar-refractivity contribution in [2.45, 2.75) is 6.92 Å². The first-order valence-corrected chi connectivity index (χ1v) is 6.45. The van der Waals surface area contributed by atoms with Crippen LogP contribution in [-0.4, -0.2) is 24.0 Å². The van der Waals surface area contributed by atoms with Gasteiger partial charge in [0.05, 0.1) is 0 Å². The molecule has 2 rings (SSSR count). The van der Waals surface area contributed by atoms with Crippen molar-refractivity contribution in [3.8, 4) is 0 Å². The first kappa shape index (κ1) is 14.6. The highest BCUT2D eigenvalue weighted by atomic mass is 16.4. The van der Waals surface area contributed by atoms with Gasteiger partial charge >= 0.3 is 0 Å². The Labute approximate surface area is 123 Å². The molecule has 0 aliphatic heterocycles. The topological polar surface area (TPSA) is 78.9 Å². The summed E-state index contributed by atoms with van der Waals surface area (Å²) >= 11 is 0. The summed E-state index contributed by atoms with van der Waals surface area (Å²) in [6, 6.07) is 14.3. The highest BCUT2D eigenvalue weighted by Gasteiger charge is 2.13. The number of carbonyl (C=O) groups is 1. The van der Waals surface area contributed by atoms with Crippen LogP contribution >= 0.6 is 0 Å². The molecular weight excluding hydrogens is 266 g/mol. The summed E-state index contributed by atoms with van der Waals surface area (Å²) in [5.74, 6) is -0.0550. The Balaban J connectivity index is 2.21. The molecule has 0 aliphatic carbocycles. The van der Waals surface area contributed by atoms with E-state index < -0.39 is 0 Å². The van der Waals surface area contributed by atoms with E-state index in [9.17, 15) is 4.79 Å². The average Bonchev–Trinajstić information content (AvgIpc) is 2.53. The minimum Gasteiger partial charge on any atom is -0.409 e. The number of nitrogens with zero attached hydrogens (tertiary/aromatic N) is 2. The van der Waals surface area contributed by atoms with E-state index in [0.29, 0.717) is 11.1 Å². The Hall–Kier alpha value is -2.82. The molecule has 3 N–H and O–H groups in total. The molecule has 0 heterocycles. The molecule has 0 spiro atoms. The third-order valence-electron chi connectivity index (χ3n) is 3.26. The lowest BCUT2D eigenvalue weighted by molar-refractivity contribution is 0.0993. The number of nitrogens with two attached hydrogens (primary N) is 1. The molecule has 1 amide bonds.